The van der Waals surface area contributed by atoms with Crippen LogP contribution < -0.4 is 10.6 Å². The van der Waals surface area contributed by atoms with Gasteiger partial charge in [0, 0.05) is 18.7 Å². The molecule has 3 N–H and O–H groups in total. The van der Waals surface area contributed by atoms with Crippen LogP contribution in [0.4, 0.5) is 0 Å². The quantitative estimate of drug-likeness (QED) is 0.640. The molecule has 1 aromatic carbocycles. The van der Waals surface area contributed by atoms with Crippen molar-refractivity contribution in [1.29, 1.82) is 0 Å². The standard InChI is InChI=1S/C22H27N3O3/c1-15-7-5-11-23-20(15)22(28)25-18-13-17(14-19(18)26)21(27)24-12-6-10-16-8-3-2-4-9-16/h2-5,7-9,11,17-19,26H,6,10,12-14H2,1H3,(H,24,27)(H,25,28)/t17-,18+,19+/m0/s1. The van der Waals surface area contributed by atoms with Gasteiger partial charge in [-0.05, 0) is 49.8 Å². The van der Waals surface area contributed by atoms with E-state index in [-0.39, 0.29) is 17.7 Å². The SMILES string of the molecule is Cc1cccnc1C(=O)N[C@@H]1C[C@H](C(=O)NCCCc2ccccc2)C[C@H]1O. The van der Waals surface area contributed by atoms with Gasteiger partial charge in [-0.1, -0.05) is 36.4 Å². The predicted octanol–water partition coefficient (Wildman–Crippen LogP) is 2.01. The highest BCUT2D eigenvalue weighted by molar-refractivity contribution is 5.94. The van der Waals surface area contributed by atoms with Crippen molar-refractivity contribution >= 4 is 11.8 Å². The fourth-order valence-electron chi connectivity index (χ4n) is 3.64. The van der Waals surface area contributed by atoms with Crippen LogP contribution in [0.2, 0.25) is 0 Å². The summed E-state index contributed by atoms with van der Waals surface area (Å²) in [5, 5.41) is 16.1. The van der Waals surface area contributed by atoms with Gasteiger partial charge in [-0.15, -0.1) is 0 Å². The number of aliphatic hydroxyl groups is 1. The number of carbonyl (C=O) groups excluding carboxylic acids is 2. The summed E-state index contributed by atoms with van der Waals surface area (Å²) in [6, 6.07) is 13.3. The molecule has 148 valence electrons. The van der Waals surface area contributed by atoms with E-state index >= 15 is 0 Å². The Kier molecular flexibility index (Phi) is 6.76. The molecule has 1 saturated carbocycles. The molecule has 2 amide bonds. The van der Waals surface area contributed by atoms with E-state index in [1.54, 1.807) is 12.3 Å². The van der Waals surface area contributed by atoms with Gasteiger partial charge < -0.3 is 15.7 Å². The molecule has 2 aromatic rings. The first-order valence-corrected chi connectivity index (χ1v) is 9.77. The van der Waals surface area contributed by atoms with Crippen molar-refractivity contribution in [3.63, 3.8) is 0 Å². The number of benzene rings is 1. The fourth-order valence-corrected chi connectivity index (χ4v) is 3.64. The van der Waals surface area contributed by atoms with E-state index in [1.807, 2.05) is 31.2 Å². The molecule has 0 saturated heterocycles. The summed E-state index contributed by atoms with van der Waals surface area (Å²) in [5.41, 5.74) is 2.38. The Morgan fingerprint density at radius 1 is 1.14 bits per heavy atom. The van der Waals surface area contributed by atoms with Gasteiger partial charge in [-0.25, -0.2) is 0 Å². The van der Waals surface area contributed by atoms with E-state index in [0.717, 1.165) is 18.4 Å². The monoisotopic (exact) mass is 381 g/mol. The number of carbonyl (C=O) groups is 2. The summed E-state index contributed by atoms with van der Waals surface area (Å²) in [4.78, 5) is 28.9. The van der Waals surface area contributed by atoms with Crippen LogP contribution in [-0.4, -0.2) is 40.6 Å². The zero-order valence-electron chi connectivity index (χ0n) is 16.1. The first-order valence-electron chi connectivity index (χ1n) is 9.77. The van der Waals surface area contributed by atoms with Crippen molar-refractivity contribution in [3.8, 4) is 0 Å². The van der Waals surface area contributed by atoms with Crippen molar-refractivity contribution < 1.29 is 14.7 Å². The molecule has 3 rings (SSSR count). The van der Waals surface area contributed by atoms with Crippen molar-refractivity contribution in [1.82, 2.24) is 15.6 Å². The summed E-state index contributed by atoms with van der Waals surface area (Å²) in [6.45, 7) is 2.42. The van der Waals surface area contributed by atoms with Crippen molar-refractivity contribution in [3.05, 3.63) is 65.5 Å². The van der Waals surface area contributed by atoms with Crippen LogP contribution in [0.1, 0.15) is 40.9 Å². The maximum absolute atomic E-state index is 12.4. The highest BCUT2D eigenvalue weighted by Crippen LogP contribution is 2.26. The summed E-state index contributed by atoms with van der Waals surface area (Å²) in [5.74, 6) is -0.661. The first-order chi connectivity index (χ1) is 13.5. The molecule has 28 heavy (non-hydrogen) atoms. The van der Waals surface area contributed by atoms with E-state index < -0.39 is 12.1 Å². The Labute approximate surface area is 165 Å². The molecule has 1 heterocycles. The van der Waals surface area contributed by atoms with E-state index in [1.165, 1.54) is 5.56 Å². The third kappa shape index (κ3) is 5.16. The minimum absolute atomic E-state index is 0.0575. The van der Waals surface area contributed by atoms with E-state index in [0.29, 0.717) is 25.1 Å². The number of aromatic nitrogens is 1. The number of amides is 2. The Morgan fingerprint density at radius 3 is 2.68 bits per heavy atom. The molecule has 1 fully saturated rings. The van der Waals surface area contributed by atoms with Gasteiger partial charge in [0.25, 0.3) is 5.91 Å². The number of nitrogens with one attached hydrogen (secondary N) is 2. The molecule has 3 atom stereocenters. The van der Waals surface area contributed by atoms with Crippen LogP contribution in [0.3, 0.4) is 0 Å². The molecular weight excluding hydrogens is 354 g/mol. The summed E-state index contributed by atoms with van der Waals surface area (Å²) in [6.07, 6.45) is 3.41. The second-order valence-corrected chi connectivity index (χ2v) is 7.36. The second-order valence-electron chi connectivity index (χ2n) is 7.36. The third-order valence-corrected chi connectivity index (χ3v) is 5.23. The van der Waals surface area contributed by atoms with Crippen LogP contribution >= 0.6 is 0 Å². The van der Waals surface area contributed by atoms with Gasteiger partial charge in [0.05, 0.1) is 12.1 Å². The second kappa shape index (κ2) is 9.46. The van der Waals surface area contributed by atoms with Crippen molar-refractivity contribution in [2.24, 2.45) is 5.92 Å². The normalized spacial score (nSPS) is 21.3. The van der Waals surface area contributed by atoms with E-state index in [4.69, 9.17) is 0 Å². The minimum Gasteiger partial charge on any atom is -0.391 e. The lowest BCUT2D eigenvalue weighted by atomic mass is 10.1. The third-order valence-electron chi connectivity index (χ3n) is 5.23. The van der Waals surface area contributed by atoms with Crippen molar-refractivity contribution in [2.75, 3.05) is 6.54 Å². The molecule has 1 aromatic heterocycles. The molecular formula is C22H27N3O3. The average molecular weight is 381 g/mol. The van der Waals surface area contributed by atoms with E-state index in [9.17, 15) is 14.7 Å². The zero-order valence-corrected chi connectivity index (χ0v) is 16.1. The van der Waals surface area contributed by atoms with Gasteiger partial charge >= 0.3 is 0 Å². The fraction of sp³-hybridized carbons (Fsp3) is 0.409. The molecule has 6 heteroatoms. The number of rotatable bonds is 7. The maximum Gasteiger partial charge on any atom is 0.270 e. The lowest BCUT2D eigenvalue weighted by Crippen LogP contribution is -2.40. The number of aliphatic hydroxyl groups excluding tert-OH is 1. The first kappa shape index (κ1) is 20.0. The van der Waals surface area contributed by atoms with Gasteiger partial charge in [-0.3, -0.25) is 14.6 Å². The zero-order chi connectivity index (χ0) is 19.9. The van der Waals surface area contributed by atoms with Crippen LogP contribution in [0.25, 0.3) is 0 Å². The van der Waals surface area contributed by atoms with Gasteiger partial charge in [-0.2, -0.15) is 0 Å². The number of aryl methyl sites for hydroxylation is 2. The topological polar surface area (TPSA) is 91.3 Å². The molecule has 0 radical (unpaired) electrons. The number of nitrogens with zero attached hydrogens (tertiary/aromatic N) is 1. The van der Waals surface area contributed by atoms with Crippen LogP contribution in [0.15, 0.2) is 48.7 Å². The van der Waals surface area contributed by atoms with Crippen LogP contribution in [-0.2, 0) is 11.2 Å². The number of hydrogen-bond donors (Lipinski definition) is 3. The minimum atomic E-state index is -0.729. The van der Waals surface area contributed by atoms with Crippen LogP contribution in [0.5, 0.6) is 0 Å². The molecule has 0 spiro atoms. The Balaban J connectivity index is 1.44. The number of pyridine rings is 1. The average Bonchev–Trinajstić information content (AvgIpc) is 3.06. The molecule has 6 nitrogen and oxygen atoms in total. The number of hydrogen-bond acceptors (Lipinski definition) is 4. The molecule has 0 aliphatic heterocycles. The largest absolute Gasteiger partial charge is 0.391 e. The Morgan fingerprint density at radius 2 is 1.93 bits per heavy atom. The molecule has 0 bridgehead atoms. The lowest BCUT2D eigenvalue weighted by molar-refractivity contribution is -0.125. The molecule has 0 unspecified atom stereocenters. The highest BCUT2D eigenvalue weighted by atomic mass is 16.3. The molecule has 1 aliphatic rings. The predicted molar refractivity (Wildman–Crippen MR) is 107 cm³/mol. The smallest absolute Gasteiger partial charge is 0.270 e. The van der Waals surface area contributed by atoms with Crippen LogP contribution in [0, 0.1) is 12.8 Å². The maximum atomic E-state index is 12.4. The lowest BCUT2D eigenvalue weighted by Gasteiger charge is -2.16. The van der Waals surface area contributed by atoms with Gasteiger partial charge in [0.1, 0.15) is 5.69 Å². The summed E-state index contributed by atoms with van der Waals surface area (Å²) < 4.78 is 0. The van der Waals surface area contributed by atoms with Gasteiger partial charge in [0.2, 0.25) is 5.91 Å². The van der Waals surface area contributed by atoms with E-state index in [2.05, 4.69) is 27.8 Å². The molecule has 1 aliphatic carbocycles. The van der Waals surface area contributed by atoms with Gasteiger partial charge in [0.15, 0.2) is 0 Å². The van der Waals surface area contributed by atoms with Crippen molar-refractivity contribution in [2.45, 2.75) is 44.8 Å². The Hall–Kier alpha value is -2.73. The summed E-state index contributed by atoms with van der Waals surface area (Å²) in [7, 11) is 0. The highest BCUT2D eigenvalue weighted by Gasteiger charge is 2.37. The summed E-state index contributed by atoms with van der Waals surface area (Å²) >= 11 is 0. The Bertz CT molecular complexity index is 810.